The number of carbonyl (C=O) groups excluding carboxylic acids is 1. The summed E-state index contributed by atoms with van der Waals surface area (Å²) in [5.74, 6) is -2.00. The van der Waals surface area contributed by atoms with Gasteiger partial charge in [-0.3, -0.25) is 9.20 Å². The highest BCUT2D eigenvalue weighted by atomic mass is 19.4. The quantitative estimate of drug-likeness (QED) is 0.745. The number of nitrogens with zero attached hydrogens (tertiary/aromatic N) is 2. The van der Waals surface area contributed by atoms with Gasteiger partial charge in [0.15, 0.2) is 0 Å². The predicted molar refractivity (Wildman–Crippen MR) is 86.3 cm³/mol. The number of aryl methyl sites for hydroxylation is 1. The van der Waals surface area contributed by atoms with Crippen molar-refractivity contribution in [2.75, 3.05) is 5.32 Å². The van der Waals surface area contributed by atoms with Crippen molar-refractivity contribution < 1.29 is 27.9 Å². The van der Waals surface area contributed by atoms with E-state index in [2.05, 4.69) is 10.3 Å². The number of alkyl halides is 3. The lowest BCUT2D eigenvalue weighted by atomic mass is 10.1. The van der Waals surface area contributed by atoms with Crippen LogP contribution in [0.3, 0.4) is 0 Å². The van der Waals surface area contributed by atoms with Crippen LogP contribution in [-0.4, -0.2) is 26.4 Å². The van der Waals surface area contributed by atoms with E-state index in [9.17, 15) is 22.8 Å². The summed E-state index contributed by atoms with van der Waals surface area (Å²) in [4.78, 5) is 27.9. The van der Waals surface area contributed by atoms with Crippen LogP contribution in [0.4, 0.5) is 18.9 Å². The van der Waals surface area contributed by atoms with E-state index in [1.165, 1.54) is 31.2 Å². The molecule has 9 heteroatoms. The lowest BCUT2D eigenvalue weighted by molar-refractivity contribution is -0.137. The van der Waals surface area contributed by atoms with E-state index in [-0.39, 0.29) is 28.3 Å². The Kier molecular flexibility index (Phi) is 4.15. The van der Waals surface area contributed by atoms with E-state index < -0.39 is 23.6 Å². The summed E-state index contributed by atoms with van der Waals surface area (Å²) in [5.41, 5.74) is -0.745. The average Bonchev–Trinajstić information content (AvgIpc) is 2.89. The molecule has 6 nitrogen and oxygen atoms in total. The summed E-state index contributed by atoms with van der Waals surface area (Å²) in [6.45, 7) is 1.48. The van der Waals surface area contributed by atoms with Crippen LogP contribution < -0.4 is 5.32 Å². The largest absolute Gasteiger partial charge is 0.478 e. The van der Waals surface area contributed by atoms with Gasteiger partial charge in [-0.2, -0.15) is 13.2 Å². The zero-order valence-electron chi connectivity index (χ0n) is 13.3. The van der Waals surface area contributed by atoms with Gasteiger partial charge in [-0.25, -0.2) is 9.78 Å². The number of amides is 1. The fraction of sp³-hybridized carbons (Fsp3) is 0.118. The van der Waals surface area contributed by atoms with Crippen molar-refractivity contribution in [1.82, 2.24) is 9.38 Å². The van der Waals surface area contributed by atoms with Crippen molar-refractivity contribution in [3.63, 3.8) is 0 Å². The molecule has 26 heavy (non-hydrogen) atoms. The lowest BCUT2D eigenvalue weighted by Gasteiger charge is -2.10. The topological polar surface area (TPSA) is 83.7 Å². The molecule has 0 aliphatic heterocycles. The molecule has 1 amide bonds. The van der Waals surface area contributed by atoms with Gasteiger partial charge in [0, 0.05) is 6.20 Å². The van der Waals surface area contributed by atoms with Gasteiger partial charge in [-0.1, -0.05) is 12.1 Å². The second-order valence-corrected chi connectivity index (χ2v) is 5.49. The molecule has 0 bridgehead atoms. The number of anilines is 1. The lowest BCUT2D eigenvalue weighted by Crippen LogP contribution is -2.18. The molecular formula is C17H12F3N3O3. The van der Waals surface area contributed by atoms with E-state index in [4.69, 9.17) is 5.11 Å². The van der Waals surface area contributed by atoms with E-state index in [1.54, 1.807) is 0 Å². The maximum Gasteiger partial charge on any atom is 0.417 e. The van der Waals surface area contributed by atoms with Gasteiger partial charge in [-0.15, -0.1) is 0 Å². The van der Waals surface area contributed by atoms with Crippen molar-refractivity contribution in [1.29, 1.82) is 0 Å². The first-order chi connectivity index (χ1) is 12.2. The number of hydrogen-bond donors (Lipinski definition) is 2. The van der Waals surface area contributed by atoms with Crippen LogP contribution in [0.2, 0.25) is 0 Å². The van der Waals surface area contributed by atoms with Crippen molar-refractivity contribution in [2.45, 2.75) is 13.1 Å². The highest BCUT2D eigenvalue weighted by Crippen LogP contribution is 2.30. The Balaban J connectivity index is 2.06. The van der Waals surface area contributed by atoms with Crippen LogP contribution in [0.1, 0.15) is 32.1 Å². The number of carbonyl (C=O) groups is 2. The molecule has 0 radical (unpaired) electrons. The Morgan fingerprint density at radius 1 is 1.15 bits per heavy atom. The molecule has 1 aromatic carbocycles. The summed E-state index contributed by atoms with van der Waals surface area (Å²) in [6.07, 6.45) is -3.79. The second-order valence-electron chi connectivity index (χ2n) is 5.49. The normalized spacial score (nSPS) is 11.5. The Hall–Kier alpha value is -3.36. The highest BCUT2D eigenvalue weighted by Gasteiger charge is 2.31. The minimum absolute atomic E-state index is 0.0336. The van der Waals surface area contributed by atoms with Gasteiger partial charge >= 0.3 is 12.1 Å². The summed E-state index contributed by atoms with van der Waals surface area (Å²) in [7, 11) is 0. The number of hydrogen-bond acceptors (Lipinski definition) is 3. The maximum atomic E-state index is 12.9. The zero-order chi connectivity index (χ0) is 19.1. The third-order valence-electron chi connectivity index (χ3n) is 3.74. The molecule has 0 aliphatic rings. The number of halogens is 3. The van der Waals surface area contributed by atoms with Crippen LogP contribution >= 0.6 is 0 Å². The molecule has 0 spiro atoms. The minimum Gasteiger partial charge on any atom is -0.478 e. The Morgan fingerprint density at radius 2 is 1.85 bits per heavy atom. The molecule has 134 valence electrons. The molecule has 3 aromatic rings. The van der Waals surface area contributed by atoms with Crippen LogP contribution in [0.15, 0.2) is 42.6 Å². The van der Waals surface area contributed by atoms with E-state index in [0.29, 0.717) is 0 Å². The zero-order valence-corrected chi connectivity index (χ0v) is 13.3. The Bertz CT molecular complexity index is 1030. The SMILES string of the molecule is Cc1nc2ccc(C(F)(F)F)cn2c1C(=O)Nc1ccccc1C(=O)O. The maximum absolute atomic E-state index is 12.9. The first kappa shape index (κ1) is 17.5. The van der Waals surface area contributed by atoms with Crippen molar-refractivity contribution in [3.05, 3.63) is 65.1 Å². The van der Waals surface area contributed by atoms with Crippen molar-refractivity contribution >= 4 is 23.2 Å². The van der Waals surface area contributed by atoms with Gasteiger partial charge < -0.3 is 10.4 Å². The Morgan fingerprint density at radius 3 is 2.50 bits per heavy atom. The number of benzene rings is 1. The molecular weight excluding hydrogens is 351 g/mol. The summed E-state index contributed by atoms with van der Waals surface area (Å²) in [6, 6.07) is 7.77. The molecule has 0 aliphatic carbocycles. The number of imidazole rings is 1. The number of rotatable bonds is 3. The number of carboxylic acid groups (broad SMARTS) is 1. The van der Waals surface area contributed by atoms with Crippen LogP contribution in [0, 0.1) is 6.92 Å². The van der Waals surface area contributed by atoms with Gasteiger partial charge in [0.25, 0.3) is 5.91 Å². The third kappa shape index (κ3) is 3.10. The van der Waals surface area contributed by atoms with Crippen LogP contribution in [-0.2, 0) is 6.18 Å². The summed E-state index contributed by atoms with van der Waals surface area (Å²) >= 11 is 0. The predicted octanol–water partition coefficient (Wildman–Crippen LogP) is 3.61. The second kappa shape index (κ2) is 6.17. The van der Waals surface area contributed by atoms with E-state index >= 15 is 0 Å². The monoisotopic (exact) mass is 363 g/mol. The fourth-order valence-corrected chi connectivity index (χ4v) is 2.56. The van der Waals surface area contributed by atoms with Crippen LogP contribution in [0.5, 0.6) is 0 Å². The molecule has 0 saturated carbocycles. The van der Waals surface area contributed by atoms with Gasteiger partial charge in [0.05, 0.1) is 22.5 Å². The molecule has 0 atom stereocenters. The molecule has 0 fully saturated rings. The van der Waals surface area contributed by atoms with E-state index in [0.717, 1.165) is 22.7 Å². The Labute approximate surface area is 144 Å². The number of aromatic carboxylic acids is 1. The molecule has 3 rings (SSSR count). The average molecular weight is 363 g/mol. The van der Waals surface area contributed by atoms with Crippen LogP contribution in [0.25, 0.3) is 5.65 Å². The summed E-state index contributed by atoms with van der Waals surface area (Å²) in [5, 5.41) is 11.6. The van der Waals surface area contributed by atoms with Crippen molar-refractivity contribution in [3.8, 4) is 0 Å². The number of para-hydroxylation sites is 1. The number of fused-ring (bicyclic) bond motifs is 1. The molecule has 2 aromatic heterocycles. The standard InChI is InChI=1S/C17H12F3N3O3/c1-9-14(15(24)22-12-5-3-2-4-11(12)16(25)26)23-8-10(17(18,19)20)6-7-13(23)21-9/h2-8H,1H3,(H,22,24)(H,25,26). The fourth-order valence-electron chi connectivity index (χ4n) is 2.56. The molecule has 0 saturated heterocycles. The first-order valence-electron chi connectivity index (χ1n) is 7.38. The first-order valence-corrected chi connectivity index (χ1v) is 7.38. The smallest absolute Gasteiger partial charge is 0.417 e. The number of aromatic nitrogens is 2. The molecule has 2 N–H and O–H groups in total. The highest BCUT2D eigenvalue weighted by molar-refractivity contribution is 6.07. The van der Waals surface area contributed by atoms with E-state index in [1.807, 2.05) is 0 Å². The number of nitrogens with one attached hydrogen (secondary N) is 1. The summed E-state index contributed by atoms with van der Waals surface area (Å²) < 4.78 is 39.9. The number of carboxylic acids is 1. The molecule has 0 unspecified atom stereocenters. The minimum atomic E-state index is -4.57. The molecule has 2 heterocycles. The van der Waals surface area contributed by atoms with Gasteiger partial charge in [0.1, 0.15) is 11.3 Å². The van der Waals surface area contributed by atoms with Gasteiger partial charge in [0.2, 0.25) is 0 Å². The third-order valence-corrected chi connectivity index (χ3v) is 3.74. The number of pyridine rings is 1. The van der Waals surface area contributed by atoms with Crippen molar-refractivity contribution in [2.24, 2.45) is 0 Å². The van der Waals surface area contributed by atoms with Gasteiger partial charge in [-0.05, 0) is 31.2 Å².